The first kappa shape index (κ1) is 12.8. The molecule has 1 aromatic heterocycles. The van der Waals surface area contributed by atoms with Gasteiger partial charge in [-0.2, -0.15) is 0 Å². The van der Waals surface area contributed by atoms with E-state index in [0.717, 1.165) is 17.4 Å². The minimum absolute atomic E-state index is 0.0686. The van der Waals surface area contributed by atoms with E-state index in [1.54, 1.807) is 13.1 Å². The normalized spacial score (nSPS) is 10.4. The van der Waals surface area contributed by atoms with Gasteiger partial charge < -0.3 is 4.90 Å². The molecule has 94 valence electrons. The number of hydrogen-bond donors (Lipinski definition) is 0. The van der Waals surface area contributed by atoms with Crippen molar-refractivity contribution in [3.05, 3.63) is 40.9 Å². The highest BCUT2D eigenvalue weighted by Crippen LogP contribution is 2.29. The van der Waals surface area contributed by atoms with Crippen molar-refractivity contribution in [2.24, 2.45) is 0 Å². The van der Waals surface area contributed by atoms with Crippen LogP contribution in [0.4, 0.5) is 10.8 Å². The maximum atomic E-state index is 11.3. The smallest absolute Gasteiger partial charge is 0.190 e. The number of benzene rings is 1. The van der Waals surface area contributed by atoms with Crippen LogP contribution in [-0.2, 0) is 0 Å². The van der Waals surface area contributed by atoms with Gasteiger partial charge in [-0.05, 0) is 31.5 Å². The second kappa shape index (κ2) is 5.31. The van der Waals surface area contributed by atoms with Crippen LogP contribution >= 0.6 is 11.3 Å². The Hall–Kier alpha value is -1.68. The van der Waals surface area contributed by atoms with Crippen molar-refractivity contribution in [1.29, 1.82) is 0 Å². The van der Waals surface area contributed by atoms with Crippen LogP contribution in [0.5, 0.6) is 0 Å². The molecule has 0 aliphatic heterocycles. The van der Waals surface area contributed by atoms with Crippen LogP contribution in [0.15, 0.2) is 30.5 Å². The quantitative estimate of drug-likeness (QED) is 0.784. The predicted octanol–water partition coefficient (Wildman–Crippen LogP) is 3.81. The Morgan fingerprint density at radius 1 is 1.44 bits per heavy atom. The molecule has 0 radical (unpaired) electrons. The number of Topliss-reactive ketones (excluding diaryl/α,β-unsaturated/α-hetero) is 1. The standard InChI is InChI=1S/C14H16N2OS/c1-4-16(12-7-5-6-10(2)8-12)14-15-9-13(18-14)11(3)17/h5-9H,4H2,1-3H3. The Morgan fingerprint density at radius 3 is 2.78 bits per heavy atom. The van der Waals surface area contributed by atoms with E-state index in [-0.39, 0.29) is 5.78 Å². The summed E-state index contributed by atoms with van der Waals surface area (Å²) in [7, 11) is 0. The van der Waals surface area contributed by atoms with Gasteiger partial charge in [-0.15, -0.1) is 0 Å². The molecule has 0 unspecified atom stereocenters. The largest absolute Gasteiger partial charge is 0.318 e. The summed E-state index contributed by atoms with van der Waals surface area (Å²) >= 11 is 1.44. The summed E-state index contributed by atoms with van der Waals surface area (Å²) in [6, 6.07) is 8.29. The highest BCUT2D eigenvalue weighted by molar-refractivity contribution is 7.17. The third-order valence-corrected chi connectivity index (χ3v) is 3.82. The summed E-state index contributed by atoms with van der Waals surface area (Å²) in [4.78, 5) is 18.5. The number of rotatable bonds is 4. The molecule has 0 amide bonds. The lowest BCUT2D eigenvalue weighted by molar-refractivity contribution is 0.102. The van der Waals surface area contributed by atoms with Crippen LogP contribution in [-0.4, -0.2) is 17.3 Å². The van der Waals surface area contributed by atoms with Gasteiger partial charge in [0.2, 0.25) is 0 Å². The lowest BCUT2D eigenvalue weighted by Crippen LogP contribution is -2.15. The minimum atomic E-state index is 0.0686. The number of anilines is 2. The van der Waals surface area contributed by atoms with Gasteiger partial charge >= 0.3 is 0 Å². The first-order valence-electron chi connectivity index (χ1n) is 5.92. The molecule has 18 heavy (non-hydrogen) atoms. The van der Waals surface area contributed by atoms with Crippen molar-refractivity contribution < 1.29 is 4.79 Å². The number of hydrogen-bond acceptors (Lipinski definition) is 4. The molecule has 0 bridgehead atoms. The lowest BCUT2D eigenvalue weighted by Gasteiger charge is -2.20. The van der Waals surface area contributed by atoms with Crippen molar-refractivity contribution >= 4 is 27.9 Å². The zero-order chi connectivity index (χ0) is 13.1. The molecule has 0 N–H and O–H groups in total. The van der Waals surface area contributed by atoms with Crippen molar-refractivity contribution in [3.63, 3.8) is 0 Å². The van der Waals surface area contributed by atoms with Gasteiger partial charge in [-0.25, -0.2) is 4.98 Å². The number of nitrogens with zero attached hydrogens (tertiary/aromatic N) is 2. The maximum Gasteiger partial charge on any atom is 0.190 e. The van der Waals surface area contributed by atoms with Crippen molar-refractivity contribution in [1.82, 2.24) is 4.98 Å². The number of aryl methyl sites for hydroxylation is 1. The van der Waals surface area contributed by atoms with Gasteiger partial charge in [0.05, 0.1) is 11.1 Å². The number of thiazole rings is 1. The summed E-state index contributed by atoms with van der Waals surface area (Å²) in [5, 5.41) is 0.869. The molecule has 2 rings (SSSR count). The average Bonchev–Trinajstić information content (AvgIpc) is 2.80. The van der Waals surface area contributed by atoms with Crippen molar-refractivity contribution in [3.8, 4) is 0 Å². The van der Waals surface area contributed by atoms with Gasteiger partial charge in [0.15, 0.2) is 10.9 Å². The van der Waals surface area contributed by atoms with E-state index < -0.39 is 0 Å². The lowest BCUT2D eigenvalue weighted by atomic mass is 10.2. The average molecular weight is 260 g/mol. The monoisotopic (exact) mass is 260 g/mol. The number of aromatic nitrogens is 1. The second-order valence-electron chi connectivity index (χ2n) is 4.15. The Kier molecular flexibility index (Phi) is 3.77. The van der Waals surface area contributed by atoms with Crippen LogP contribution in [0.2, 0.25) is 0 Å². The molecule has 1 aromatic carbocycles. The molecule has 4 heteroatoms. The summed E-state index contributed by atoms with van der Waals surface area (Å²) < 4.78 is 0. The molecule has 0 aliphatic carbocycles. The third-order valence-electron chi connectivity index (χ3n) is 2.70. The fraction of sp³-hybridized carbons (Fsp3) is 0.286. The van der Waals surface area contributed by atoms with Crippen LogP contribution in [0.25, 0.3) is 0 Å². The molecule has 0 aliphatic rings. The first-order valence-corrected chi connectivity index (χ1v) is 6.74. The molecule has 2 aromatic rings. The number of carbonyl (C=O) groups excluding carboxylic acids is 1. The van der Waals surface area contributed by atoms with Gasteiger partial charge in [0, 0.05) is 19.2 Å². The van der Waals surface area contributed by atoms with Gasteiger partial charge in [-0.1, -0.05) is 23.5 Å². The highest BCUT2D eigenvalue weighted by atomic mass is 32.1. The molecule has 3 nitrogen and oxygen atoms in total. The molecular formula is C14H16N2OS. The van der Waals surface area contributed by atoms with Crippen molar-refractivity contribution in [2.45, 2.75) is 20.8 Å². The van der Waals surface area contributed by atoms with Crippen LogP contribution in [0.1, 0.15) is 29.1 Å². The fourth-order valence-corrected chi connectivity index (χ4v) is 2.67. The van der Waals surface area contributed by atoms with Gasteiger partial charge in [0.1, 0.15) is 0 Å². The maximum absolute atomic E-state index is 11.3. The van der Waals surface area contributed by atoms with Gasteiger partial charge in [-0.3, -0.25) is 4.79 Å². The molecule has 0 fully saturated rings. The first-order chi connectivity index (χ1) is 8.61. The predicted molar refractivity (Wildman–Crippen MR) is 76.0 cm³/mol. The van der Waals surface area contributed by atoms with Crippen molar-refractivity contribution in [2.75, 3.05) is 11.4 Å². The molecular weight excluding hydrogens is 244 g/mol. The SMILES string of the molecule is CCN(c1cccc(C)c1)c1ncc(C(C)=O)s1. The van der Waals surface area contributed by atoms with E-state index >= 15 is 0 Å². The number of carbonyl (C=O) groups is 1. The Balaban J connectivity index is 2.35. The van der Waals surface area contributed by atoms with Crippen LogP contribution < -0.4 is 4.90 Å². The van der Waals surface area contributed by atoms with E-state index in [4.69, 9.17) is 0 Å². The Labute approximate surface area is 111 Å². The second-order valence-corrected chi connectivity index (χ2v) is 5.16. The van der Waals surface area contributed by atoms with E-state index in [1.165, 1.54) is 16.9 Å². The summed E-state index contributed by atoms with van der Waals surface area (Å²) in [5.74, 6) is 0.0686. The highest BCUT2D eigenvalue weighted by Gasteiger charge is 2.13. The molecule has 0 spiro atoms. The molecule has 0 saturated carbocycles. The zero-order valence-electron chi connectivity index (χ0n) is 10.8. The third kappa shape index (κ3) is 2.59. The Morgan fingerprint density at radius 2 is 2.22 bits per heavy atom. The molecule has 1 heterocycles. The summed E-state index contributed by atoms with van der Waals surface area (Å²) in [5.41, 5.74) is 2.33. The fourth-order valence-electron chi connectivity index (χ4n) is 1.78. The molecule has 0 atom stereocenters. The van der Waals surface area contributed by atoms with E-state index in [0.29, 0.717) is 4.88 Å². The van der Waals surface area contributed by atoms with E-state index in [9.17, 15) is 4.79 Å². The minimum Gasteiger partial charge on any atom is -0.318 e. The summed E-state index contributed by atoms with van der Waals surface area (Å²) in [6.45, 7) is 6.55. The number of ketones is 1. The van der Waals surface area contributed by atoms with Crippen LogP contribution in [0, 0.1) is 6.92 Å². The summed E-state index contributed by atoms with van der Waals surface area (Å²) in [6.07, 6.45) is 1.65. The zero-order valence-corrected chi connectivity index (χ0v) is 11.6. The van der Waals surface area contributed by atoms with Gasteiger partial charge in [0.25, 0.3) is 0 Å². The Bertz CT molecular complexity index is 562. The van der Waals surface area contributed by atoms with Crippen LogP contribution in [0.3, 0.4) is 0 Å². The van der Waals surface area contributed by atoms with E-state index in [1.807, 2.05) is 6.07 Å². The van der Waals surface area contributed by atoms with E-state index in [2.05, 4.69) is 41.9 Å². The topological polar surface area (TPSA) is 33.2 Å². The molecule has 0 saturated heterocycles.